The third-order valence-electron chi connectivity index (χ3n) is 5.32. The van der Waals surface area contributed by atoms with Gasteiger partial charge in [0.1, 0.15) is 5.82 Å². The first kappa shape index (κ1) is 18.3. The van der Waals surface area contributed by atoms with Crippen molar-refractivity contribution in [2.75, 3.05) is 0 Å². The van der Waals surface area contributed by atoms with Crippen LogP contribution in [0.1, 0.15) is 41.8 Å². The van der Waals surface area contributed by atoms with Gasteiger partial charge in [0.15, 0.2) is 5.88 Å². The van der Waals surface area contributed by atoms with Gasteiger partial charge in [0, 0.05) is 24.6 Å². The molecule has 1 aliphatic rings. The molecule has 0 aliphatic heterocycles. The van der Waals surface area contributed by atoms with Crippen molar-refractivity contribution in [3.63, 3.8) is 0 Å². The molecule has 1 aliphatic carbocycles. The summed E-state index contributed by atoms with van der Waals surface area (Å²) in [6.45, 7) is 1.69. The summed E-state index contributed by atoms with van der Waals surface area (Å²) in [4.78, 5) is 23.0. The Morgan fingerprint density at radius 2 is 1.96 bits per heavy atom. The molecule has 0 bridgehead atoms. The highest BCUT2D eigenvalue weighted by molar-refractivity contribution is 5.66. The van der Waals surface area contributed by atoms with E-state index in [0.717, 1.165) is 29.0 Å². The van der Waals surface area contributed by atoms with Gasteiger partial charge in [0.2, 0.25) is 5.95 Å². The Bertz CT molecular complexity index is 1060. The van der Waals surface area contributed by atoms with E-state index in [1.165, 1.54) is 19.0 Å². The van der Waals surface area contributed by atoms with E-state index >= 15 is 0 Å². The van der Waals surface area contributed by atoms with Gasteiger partial charge in [-0.25, -0.2) is 4.98 Å². The van der Waals surface area contributed by atoms with Crippen LogP contribution in [0.2, 0.25) is 0 Å². The molecule has 6 heteroatoms. The fourth-order valence-electron chi connectivity index (χ4n) is 3.39. The number of benzene rings is 1. The summed E-state index contributed by atoms with van der Waals surface area (Å²) in [5, 5.41) is 10.3. The lowest BCUT2D eigenvalue weighted by molar-refractivity contribution is 0.440. The van der Waals surface area contributed by atoms with Crippen LogP contribution in [0.5, 0.6) is 5.88 Å². The molecule has 0 saturated heterocycles. The highest BCUT2D eigenvalue weighted by Crippen LogP contribution is 2.33. The van der Waals surface area contributed by atoms with E-state index in [0.29, 0.717) is 17.8 Å². The number of hydrogen-bond donors (Lipinski definition) is 2. The number of aromatic hydroxyl groups is 1. The van der Waals surface area contributed by atoms with Gasteiger partial charge in [-0.1, -0.05) is 37.1 Å². The lowest BCUT2D eigenvalue weighted by atomic mass is 9.99. The minimum Gasteiger partial charge on any atom is -0.494 e. The topological polar surface area (TPSA) is 78.9 Å². The molecule has 0 radical (unpaired) electrons. The Labute approximate surface area is 162 Å². The van der Waals surface area contributed by atoms with E-state index in [-0.39, 0.29) is 17.9 Å². The summed E-state index contributed by atoms with van der Waals surface area (Å²) in [5.41, 5.74) is 2.88. The first-order valence-electron chi connectivity index (χ1n) is 9.52. The lowest BCUT2D eigenvalue weighted by Gasteiger charge is -2.09. The molecule has 1 aromatic carbocycles. The molecule has 2 heterocycles. The van der Waals surface area contributed by atoms with Gasteiger partial charge in [-0.3, -0.25) is 4.79 Å². The van der Waals surface area contributed by atoms with Crippen LogP contribution < -0.4 is 5.56 Å². The molecule has 0 spiro atoms. The number of H-pyrrole nitrogens is 1. The molecule has 28 heavy (non-hydrogen) atoms. The molecular formula is C22H22FN3O2. The average molecular weight is 379 g/mol. The molecule has 1 fully saturated rings. The van der Waals surface area contributed by atoms with Crippen LogP contribution in [0.15, 0.2) is 41.3 Å². The summed E-state index contributed by atoms with van der Waals surface area (Å²) in [6.07, 6.45) is 5.90. The zero-order valence-electron chi connectivity index (χ0n) is 15.7. The second-order valence-electron chi connectivity index (χ2n) is 7.45. The SMILES string of the molecule is Cc1c(-c2ccc(Cc3c(O)[nH]c(CCC4CC4)nc3=O)cc2)ccnc1F. The van der Waals surface area contributed by atoms with Crippen molar-refractivity contribution in [3.05, 3.63) is 75.3 Å². The number of rotatable bonds is 6. The molecule has 5 nitrogen and oxygen atoms in total. The van der Waals surface area contributed by atoms with Gasteiger partial charge < -0.3 is 10.1 Å². The number of aromatic nitrogens is 3. The molecule has 0 unspecified atom stereocenters. The smallest absolute Gasteiger partial charge is 0.280 e. The standard InChI is InChI=1S/C22H22FN3O2/c1-13-17(10-11-24-20(13)23)16-7-4-15(5-8-16)12-18-21(27)25-19(26-22(18)28)9-6-14-2-3-14/h4-5,7-8,10-11,14H,2-3,6,9,12H2,1H3,(H2,25,26,27,28). The van der Waals surface area contributed by atoms with Gasteiger partial charge in [-0.05, 0) is 42.0 Å². The van der Waals surface area contributed by atoms with Gasteiger partial charge in [-0.2, -0.15) is 9.37 Å². The second-order valence-corrected chi connectivity index (χ2v) is 7.45. The van der Waals surface area contributed by atoms with Crippen LogP contribution in [0.25, 0.3) is 11.1 Å². The number of nitrogens with zero attached hydrogens (tertiary/aromatic N) is 2. The van der Waals surface area contributed by atoms with Crippen LogP contribution in [-0.2, 0) is 12.8 Å². The van der Waals surface area contributed by atoms with Crippen molar-refractivity contribution in [1.29, 1.82) is 0 Å². The van der Waals surface area contributed by atoms with Crippen molar-refractivity contribution >= 4 is 0 Å². The fourth-order valence-corrected chi connectivity index (χ4v) is 3.39. The molecule has 4 rings (SSSR count). The first-order valence-corrected chi connectivity index (χ1v) is 9.52. The molecule has 2 N–H and O–H groups in total. The first-order chi connectivity index (χ1) is 13.5. The zero-order chi connectivity index (χ0) is 19.7. The normalized spacial score (nSPS) is 13.6. The Hall–Kier alpha value is -3.02. The van der Waals surface area contributed by atoms with E-state index in [1.54, 1.807) is 13.0 Å². The molecule has 144 valence electrons. The monoisotopic (exact) mass is 379 g/mol. The molecule has 1 saturated carbocycles. The van der Waals surface area contributed by atoms with Crippen LogP contribution in [0.3, 0.4) is 0 Å². The maximum atomic E-state index is 13.7. The highest BCUT2D eigenvalue weighted by Gasteiger charge is 2.21. The number of halogens is 1. The van der Waals surface area contributed by atoms with E-state index in [1.807, 2.05) is 24.3 Å². The molecular weight excluding hydrogens is 357 g/mol. The van der Waals surface area contributed by atoms with Crippen molar-refractivity contribution in [2.45, 2.75) is 39.0 Å². The van der Waals surface area contributed by atoms with Crippen LogP contribution in [0, 0.1) is 18.8 Å². The van der Waals surface area contributed by atoms with Crippen molar-refractivity contribution in [3.8, 4) is 17.0 Å². The largest absolute Gasteiger partial charge is 0.494 e. The van der Waals surface area contributed by atoms with E-state index in [9.17, 15) is 14.3 Å². The maximum absolute atomic E-state index is 13.7. The summed E-state index contributed by atoms with van der Waals surface area (Å²) in [5.74, 6) is 0.694. The molecule has 3 aromatic rings. The third kappa shape index (κ3) is 3.96. The Kier molecular flexibility index (Phi) is 4.94. The van der Waals surface area contributed by atoms with Gasteiger partial charge in [-0.15, -0.1) is 0 Å². The molecule has 0 amide bonds. The summed E-state index contributed by atoms with van der Waals surface area (Å²) in [6, 6.07) is 9.26. The van der Waals surface area contributed by atoms with Gasteiger partial charge >= 0.3 is 0 Å². The van der Waals surface area contributed by atoms with E-state index in [4.69, 9.17) is 0 Å². The van der Waals surface area contributed by atoms with Crippen molar-refractivity contribution in [1.82, 2.24) is 15.0 Å². The predicted molar refractivity (Wildman–Crippen MR) is 105 cm³/mol. The van der Waals surface area contributed by atoms with Crippen molar-refractivity contribution in [2.24, 2.45) is 5.92 Å². The molecule has 2 aromatic heterocycles. The van der Waals surface area contributed by atoms with Crippen LogP contribution in [-0.4, -0.2) is 20.1 Å². The maximum Gasteiger partial charge on any atom is 0.280 e. The summed E-state index contributed by atoms with van der Waals surface area (Å²) < 4.78 is 13.7. The highest BCUT2D eigenvalue weighted by atomic mass is 19.1. The second kappa shape index (κ2) is 7.54. The van der Waals surface area contributed by atoms with E-state index in [2.05, 4.69) is 15.0 Å². The Balaban J connectivity index is 1.52. The van der Waals surface area contributed by atoms with Gasteiger partial charge in [0.25, 0.3) is 5.56 Å². The average Bonchev–Trinajstić information content (AvgIpc) is 3.50. The zero-order valence-corrected chi connectivity index (χ0v) is 15.7. The van der Waals surface area contributed by atoms with Gasteiger partial charge in [0.05, 0.1) is 5.56 Å². The number of pyridine rings is 1. The minimum absolute atomic E-state index is 0.109. The number of hydrogen-bond acceptors (Lipinski definition) is 4. The minimum atomic E-state index is -0.481. The number of aromatic amines is 1. The predicted octanol–water partition coefficient (Wildman–Crippen LogP) is 3.92. The van der Waals surface area contributed by atoms with Crippen molar-refractivity contribution < 1.29 is 9.50 Å². The Morgan fingerprint density at radius 1 is 1.21 bits per heavy atom. The summed E-state index contributed by atoms with van der Waals surface area (Å²) in [7, 11) is 0. The number of aryl methyl sites for hydroxylation is 1. The van der Waals surface area contributed by atoms with E-state index < -0.39 is 11.5 Å². The van der Waals surface area contributed by atoms with Crippen LogP contribution >= 0.6 is 0 Å². The third-order valence-corrected chi connectivity index (χ3v) is 5.32. The number of nitrogens with one attached hydrogen (secondary N) is 1. The fraction of sp³-hybridized carbons (Fsp3) is 0.318. The quantitative estimate of drug-likeness (QED) is 0.636. The lowest BCUT2D eigenvalue weighted by Crippen LogP contribution is -2.17. The van der Waals surface area contributed by atoms with Crippen LogP contribution in [0.4, 0.5) is 4.39 Å². The Morgan fingerprint density at radius 3 is 2.64 bits per heavy atom. The summed E-state index contributed by atoms with van der Waals surface area (Å²) >= 11 is 0. The molecule has 0 atom stereocenters.